The molecule has 0 aliphatic heterocycles. The molecule has 16 heavy (non-hydrogen) atoms. The second-order valence-electron chi connectivity index (χ2n) is 3.78. The highest BCUT2D eigenvalue weighted by Gasteiger charge is 2.12. The van der Waals surface area contributed by atoms with Crippen molar-refractivity contribution in [1.82, 2.24) is 5.32 Å². The summed E-state index contributed by atoms with van der Waals surface area (Å²) in [5.41, 5.74) is 0.934. The van der Waals surface area contributed by atoms with E-state index in [0.717, 1.165) is 15.8 Å². The van der Waals surface area contributed by atoms with Crippen LogP contribution in [0.15, 0.2) is 22.7 Å². The summed E-state index contributed by atoms with van der Waals surface area (Å²) in [7, 11) is 1.62. The summed E-state index contributed by atoms with van der Waals surface area (Å²) in [6.07, 6.45) is 0. The predicted octanol–water partition coefficient (Wildman–Crippen LogP) is 3.02. The second-order valence-corrected chi connectivity index (χ2v) is 4.63. The van der Waals surface area contributed by atoms with Crippen LogP contribution in [0, 0.1) is 11.3 Å². The van der Waals surface area contributed by atoms with E-state index < -0.39 is 0 Å². The monoisotopic (exact) mass is 282 g/mol. The van der Waals surface area contributed by atoms with E-state index in [1.54, 1.807) is 7.11 Å². The van der Waals surface area contributed by atoms with Gasteiger partial charge in [-0.15, -0.1) is 0 Å². The molecule has 0 saturated heterocycles. The number of nitriles is 1. The molecule has 0 radical (unpaired) electrons. The van der Waals surface area contributed by atoms with Gasteiger partial charge in [0.05, 0.1) is 17.7 Å². The first-order valence-electron chi connectivity index (χ1n) is 5.07. The van der Waals surface area contributed by atoms with Crippen LogP contribution < -0.4 is 10.1 Å². The predicted molar refractivity (Wildman–Crippen MR) is 67.3 cm³/mol. The molecule has 0 aliphatic rings. The molecule has 1 aromatic carbocycles. The molecule has 86 valence electrons. The zero-order valence-electron chi connectivity index (χ0n) is 9.62. The largest absolute Gasteiger partial charge is 0.496 e. The molecule has 0 bridgehead atoms. The van der Waals surface area contributed by atoms with Crippen molar-refractivity contribution in [2.24, 2.45) is 0 Å². The van der Waals surface area contributed by atoms with Crippen molar-refractivity contribution in [1.29, 1.82) is 5.26 Å². The van der Waals surface area contributed by atoms with Crippen LogP contribution in [0.25, 0.3) is 0 Å². The number of hydrogen-bond acceptors (Lipinski definition) is 3. The summed E-state index contributed by atoms with van der Waals surface area (Å²) >= 11 is 3.41. The third-order valence-electron chi connectivity index (χ3n) is 2.14. The summed E-state index contributed by atoms with van der Waals surface area (Å²) < 4.78 is 6.00. The Morgan fingerprint density at radius 3 is 2.56 bits per heavy atom. The molecule has 0 fully saturated rings. The van der Waals surface area contributed by atoms with Gasteiger partial charge in [-0.1, -0.05) is 6.07 Å². The topological polar surface area (TPSA) is 45.0 Å². The van der Waals surface area contributed by atoms with Gasteiger partial charge in [0.15, 0.2) is 0 Å². The minimum Gasteiger partial charge on any atom is -0.496 e. The zero-order valence-corrected chi connectivity index (χ0v) is 11.2. The Bertz CT molecular complexity index is 398. The highest BCUT2D eigenvalue weighted by atomic mass is 79.9. The van der Waals surface area contributed by atoms with Gasteiger partial charge in [0, 0.05) is 6.04 Å². The van der Waals surface area contributed by atoms with Crippen molar-refractivity contribution in [2.45, 2.75) is 25.9 Å². The molecule has 1 atom stereocenters. The van der Waals surface area contributed by atoms with E-state index in [4.69, 9.17) is 10.00 Å². The molecule has 0 aromatic heterocycles. The quantitative estimate of drug-likeness (QED) is 0.923. The smallest absolute Gasteiger partial charge is 0.133 e. The van der Waals surface area contributed by atoms with Crippen LogP contribution in [0.2, 0.25) is 0 Å². The molecule has 1 rings (SSSR count). The van der Waals surface area contributed by atoms with Gasteiger partial charge in [-0.2, -0.15) is 5.26 Å². The Morgan fingerprint density at radius 1 is 1.44 bits per heavy atom. The normalized spacial score (nSPS) is 12.2. The summed E-state index contributed by atoms with van der Waals surface area (Å²) in [4.78, 5) is 0. The molecular weight excluding hydrogens is 268 g/mol. The molecule has 0 heterocycles. The maximum Gasteiger partial charge on any atom is 0.133 e. The van der Waals surface area contributed by atoms with Gasteiger partial charge in [0.25, 0.3) is 0 Å². The fraction of sp³-hybridized carbons (Fsp3) is 0.417. The lowest BCUT2D eigenvalue weighted by Crippen LogP contribution is -2.27. The molecule has 1 unspecified atom stereocenters. The molecule has 4 heteroatoms. The SMILES string of the molecule is COc1ccc(C(C#N)NC(C)C)cc1Br. The number of rotatable bonds is 4. The standard InChI is InChI=1S/C12H15BrN2O/c1-8(2)15-11(7-14)9-4-5-12(16-3)10(13)6-9/h4-6,8,11,15H,1-3H3. The fourth-order valence-electron chi connectivity index (χ4n) is 1.40. The Hall–Kier alpha value is -1.05. The highest BCUT2D eigenvalue weighted by molar-refractivity contribution is 9.10. The lowest BCUT2D eigenvalue weighted by atomic mass is 10.1. The minimum absolute atomic E-state index is 0.269. The number of nitrogens with one attached hydrogen (secondary N) is 1. The van der Waals surface area contributed by atoms with Crippen LogP contribution in [-0.2, 0) is 0 Å². The maximum atomic E-state index is 9.09. The average Bonchev–Trinajstić information content (AvgIpc) is 2.25. The van der Waals surface area contributed by atoms with Crippen molar-refractivity contribution in [3.63, 3.8) is 0 Å². The molecule has 0 saturated carbocycles. The Morgan fingerprint density at radius 2 is 2.12 bits per heavy atom. The van der Waals surface area contributed by atoms with E-state index in [1.165, 1.54) is 0 Å². The van der Waals surface area contributed by atoms with Gasteiger partial charge in [0.2, 0.25) is 0 Å². The van der Waals surface area contributed by atoms with E-state index in [-0.39, 0.29) is 12.1 Å². The van der Waals surface area contributed by atoms with Gasteiger partial charge >= 0.3 is 0 Å². The number of nitrogens with zero attached hydrogens (tertiary/aromatic N) is 1. The van der Waals surface area contributed by atoms with Crippen molar-refractivity contribution in [3.05, 3.63) is 28.2 Å². The lowest BCUT2D eigenvalue weighted by Gasteiger charge is -2.15. The summed E-state index contributed by atoms with van der Waals surface area (Å²) in [5.74, 6) is 0.769. The molecule has 0 amide bonds. The Labute approximate surface area is 105 Å². The molecule has 1 aromatic rings. The van der Waals surface area contributed by atoms with E-state index >= 15 is 0 Å². The molecule has 1 N–H and O–H groups in total. The van der Waals surface area contributed by atoms with Crippen molar-refractivity contribution < 1.29 is 4.74 Å². The van der Waals surface area contributed by atoms with Crippen molar-refractivity contribution >= 4 is 15.9 Å². The Kier molecular flexibility index (Phi) is 4.78. The summed E-state index contributed by atoms with van der Waals surface area (Å²) in [5, 5.41) is 12.3. The van der Waals surface area contributed by atoms with E-state index in [9.17, 15) is 0 Å². The first kappa shape index (κ1) is 13.0. The zero-order chi connectivity index (χ0) is 12.1. The van der Waals surface area contributed by atoms with E-state index in [1.807, 2.05) is 32.0 Å². The van der Waals surface area contributed by atoms with Gasteiger partial charge < -0.3 is 4.74 Å². The van der Waals surface area contributed by atoms with Gasteiger partial charge in [-0.3, -0.25) is 5.32 Å². The maximum absolute atomic E-state index is 9.09. The minimum atomic E-state index is -0.290. The number of benzene rings is 1. The second kappa shape index (κ2) is 5.88. The highest BCUT2D eigenvalue weighted by Crippen LogP contribution is 2.28. The average molecular weight is 283 g/mol. The number of ether oxygens (including phenoxy) is 1. The first-order chi connectivity index (χ1) is 7.58. The van der Waals surface area contributed by atoms with Crippen LogP contribution in [0.5, 0.6) is 5.75 Å². The third-order valence-corrected chi connectivity index (χ3v) is 2.76. The van der Waals surface area contributed by atoms with E-state index in [2.05, 4.69) is 27.3 Å². The van der Waals surface area contributed by atoms with Crippen LogP contribution in [-0.4, -0.2) is 13.2 Å². The lowest BCUT2D eigenvalue weighted by molar-refractivity contribution is 0.411. The molecule has 3 nitrogen and oxygen atoms in total. The van der Waals surface area contributed by atoms with Gasteiger partial charge in [-0.25, -0.2) is 0 Å². The number of halogens is 1. The van der Waals surface area contributed by atoms with Gasteiger partial charge in [-0.05, 0) is 47.5 Å². The third kappa shape index (κ3) is 3.22. The molecule has 0 spiro atoms. The molecular formula is C12H15BrN2O. The summed E-state index contributed by atoms with van der Waals surface area (Å²) in [6, 6.07) is 7.87. The van der Waals surface area contributed by atoms with Crippen LogP contribution >= 0.6 is 15.9 Å². The first-order valence-corrected chi connectivity index (χ1v) is 5.87. The molecule has 0 aliphatic carbocycles. The van der Waals surface area contributed by atoms with E-state index in [0.29, 0.717) is 0 Å². The fourth-order valence-corrected chi connectivity index (χ4v) is 1.96. The van der Waals surface area contributed by atoms with Crippen molar-refractivity contribution in [2.75, 3.05) is 7.11 Å². The van der Waals surface area contributed by atoms with Crippen LogP contribution in [0.1, 0.15) is 25.5 Å². The van der Waals surface area contributed by atoms with Crippen LogP contribution in [0.4, 0.5) is 0 Å². The van der Waals surface area contributed by atoms with Gasteiger partial charge in [0.1, 0.15) is 11.8 Å². The Balaban J connectivity index is 2.95. The summed E-state index contributed by atoms with van der Waals surface area (Å²) in [6.45, 7) is 4.03. The van der Waals surface area contributed by atoms with Crippen LogP contribution in [0.3, 0.4) is 0 Å². The number of hydrogen-bond donors (Lipinski definition) is 1. The number of methoxy groups -OCH3 is 1. The van der Waals surface area contributed by atoms with Crippen molar-refractivity contribution in [3.8, 4) is 11.8 Å².